The van der Waals surface area contributed by atoms with Crippen molar-refractivity contribution in [1.82, 2.24) is 15.3 Å². The van der Waals surface area contributed by atoms with Gasteiger partial charge in [0.05, 0.1) is 12.4 Å². The number of nitrogens with zero attached hydrogens (tertiary/aromatic N) is 2. The predicted molar refractivity (Wildman–Crippen MR) is 90.6 cm³/mol. The molecule has 0 unspecified atom stereocenters. The van der Waals surface area contributed by atoms with Crippen molar-refractivity contribution in [2.45, 2.75) is 44.6 Å². The third-order valence-corrected chi connectivity index (χ3v) is 4.27. The summed E-state index contributed by atoms with van der Waals surface area (Å²) in [6.45, 7) is 0. The Balaban J connectivity index is 1.60. The first-order valence-electron chi connectivity index (χ1n) is 8.47. The summed E-state index contributed by atoms with van der Waals surface area (Å²) in [5.41, 5.74) is 0.587. The fraction of sp³-hybridized carbons (Fsp3) is 0.389. The highest BCUT2D eigenvalue weighted by atomic mass is 19.2. The molecule has 1 amide bonds. The second-order valence-corrected chi connectivity index (χ2v) is 6.20. The minimum atomic E-state index is -0.947. The van der Waals surface area contributed by atoms with Gasteiger partial charge in [0.1, 0.15) is 11.5 Å². The molecule has 0 saturated heterocycles. The molecule has 3 rings (SSSR count). The van der Waals surface area contributed by atoms with Crippen LogP contribution in [0.4, 0.5) is 20.3 Å². The van der Waals surface area contributed by atoms with Crippen molar-refractivity contribution >= 4 is 17.4 Å². The fourth-order valence-corrected chi connectivity index (χ4v) is 2.91. The number of hydrogen-bond acceptors (Lipinski definition) is 4. The molecule has 1 aromatic heterocycles. The van der Waals surface area contributed by atoms with Crippen molar-refractivity contribution in [1.29, 1.82) is 0 Å². The molecule has 0 radical (unpaired) electrons. The van der Waals surface area contributed by atoms with Crippen molar-refractivity contribution in [2.24, 2.45) is 0 Å². The second-order valence-electron chi connectivity index (χ2n) is 6.20. The van der Waals surface area contributed by atoms with E-state index in [1.807, 2.05) is 0 Å². The molecular weight excluding hydrogens is 326 g/mol. The van der Waals surface area contributed by atoms with E-state index in [4.69, 9.17) is 0 Å². The lowest BCUT2D eigenvalue weighted by Gasteiger charge is -2.15. The van der Waals surface area contributed by atoms with Crippen LogP contribution in [0, 0.1) is 11.6 Å². The van der Waals surface area contributed by atoms with E-state index in [-0.39, 0.29) is 17.6 Å². The molecule has 0 spiro atoms. The quantitative estimate of drug-likeness (QED) is 0.823. The molecule has 1 saturated carbocycles. The number of carbonyl (C=O) groups excluding carboxylic acids is 1. The number of nitrogens with one attached hydrogen (secondary N) is 2. The number of benzene rings is 1. The van der Waals surface area contributed by atoms with Gasteiger partial charge in [-0.15, -0.1) is 0 Å². The predicted octanol–water partition coefficient (Wildman–Crippen LogP) is 3.95. The Morgan fingerprint density at radius 2 is 1.76 bits per heavy atom. The average molecular weight is 346 g/mol. The molecule has 2 aromatic rings. The Labute approximate surface area is 144 Å². The van der Waals surface area contributed by atoms with Crippen molar-refractivity contribution in [3.8, 4) is 0 Å². The van der Waals surface area contributed by atoms with E-state index >= 15 is 0 Å². The van der Waals surface area contributed by atoms with Gasteiger partial charge in [-0.2, -0.15) is 0 Å². The zero-order valence-corrected chi connectivity index (χ0v) is 13.8. The van der Waals surface area contributed by atoms with E-state index < -0.39 is 11.6 Å². The third-order valence-electron chi connectivity index (χ3n) is 4.27. The van der Waals surface area contributed by atoms with Gasteiger partial charge >= 0.3 is 0 Å². The number of hydrogen-bond donors (Lipinski definition) is 2. The molecule has 0 atom stereocenters. The van der Waals surface area contributed by atoms with E-state index in [0.717, 1.165) is 37.8 Å². The first kappa shape index (κ1) is 17.3. The zero-order chi connectivity index (χ0) is 17.6. The number of halogens is 2. The number of anilines is 2. The molecular formula is C18H20F2N4O. The van der Waals surface area contributed by atoms with Gasteiger partial charge in [0, 0.05) is 17.8 Å². The van der Waals surface area contributed by atoms with E-state index in [2.05, 4.69) is 20.6 Å². The van der Waals surface area contributed by atoms with Crippen LogP contribution < -0.4 is 10.6 Å². The average Bonchev–Trinajstić information content (AvgIpc) is 2.87. The van der Waals surface area contributed by atoms with Crippen LogP contribution in [0.5, 0.6) is 0 Å². The van der Waals surface area contributed by atoms with Crippen LogP contribution >= 0.6 is 0 Å². The largest absolute Gasteiger partial charge is 0.348 e. The van der Waals surface area contributed by atoms with Crippen LogP contribution in [-0.4, -0.2) is 21.9 Å². The van der Waals surface area contributed by atoms with Gasteiger partial charge in [0.25, 0.3) is 5.91 Å². The lowest BCUT2D eigenvalue weighted by molar-refractivity contribution is 0.0928. The summed E-state index contributed by atoms with van der Waals surface area (Å²) < 4.78 is 26.1. The third kappa shape index (κ3) is 4.71. The van der Waals surface area contributed by atoms with E-state index in [1.54, 1.807) is 0 Å². The highest BCUT2D eigenvalue weighted by molar-refractivity contribution is 5.92. The van der Waals surface area contributed by atoms with Crippen molar-refractivity contribution in [3.63, 3.8) is 0 Å². The maximum absolute atomic E-state index is 13.2. The maximum Gasteiger partial charge on any atom is 0.271 e. The topological polar surface area (TPSA) is 66.9 Å². The molecule has 5 nitrogen and oxygen atoms in total. The Morgan fingerprint density at radius 1 is 1.00 bits per heavy atom. The molecule has 132 valence electrons. The lowest BCUT2D eigenvalue weighted by Crippen LogP contribution is -2.34. The monoisotopic (exact) mass is 346 g/mol. The summed E-state index contributed by atoms with van der Waals surface area (Å²) >= 11 is 0. The number of rotatable bonds is 4. The summed E-state index contributed by atoms with van der Waals surface area (Å²) in [6, 6.07) is 3.65. The standard InChI is InChI=1S/C18H20F2N4O/c19-14-8-7-13(9-15(14)20)23-17-11-21-16(10-22-17)18(25)24-12-5-3-1-2-4-6-12/h7-12H,1-6H2,(H,22,23)(H,24,25). The lowest BCUT2D eigenvalue weighted by atomic mass is 10.1. The Morgan fingerprint density at radius 3 is 2.40 bits per heavy atom. The SMILES string of the molecule is O=C(NC1CCCCCC1)c1cnc(Nc2ccc(F)c(F)c2)cn1. The van der Waals surface area contributed by atoms with E-state index in [1.165, 1.54) is 31.3 Å². The van der Waals surface area contributed by atoms with Crippen molar-refractivity contribution < 1.29 is 13.6 Å². The van der Waals surface area contributed by atoms with Gasteiger partial charge in [0.15, 0.2) is 11.6 Å². The first-order valence-corrected chi connectivity index (χ1v) is 8.47. The van der Waals surface area contributed by atoms with Crippen LogP contribution in [-0.2, 0) is 0 Å². The minimum Gasteiger partial charge on any atom is -0.348 e. The Kier molecular flexibility index (Phi) is 5.53. The minimum absolute atomic E-state index is 0.191. The number of carbonyl (C=O) groups is 1. The van der Waals surface area contributed by atoms with Crippen molar-refractivity contribution in [2.75, 3.05) is 5.32 Å². The summed E-state index contributed by atoms with van der Waals surface area (Å²) in [6.07, 6.45) is 9.45. The van der Waals surface area contributed by atoms with Crippen LogP contribution in [0.25, 0.3) is 0 Å². The molecule has 7 heteroatoms. The van der Waals surface area contributed by atoms with E-state index in [9.17, 15) is 13.6 Å². The molecule has 0 bridgehead atoms. The molecule has 1 fully saturated rings. The van der Waals surface area contributed by atoms with Gasteiger partial charge in [-0.05, 0) is 25.0 Å². The Bertz CT molecular complexity index is 728. The van der Waals surface area contributed by atoms with Crippen LogP contribution in [0.1, 0.15) is 49.0 Å². The fourth-order valence-electron chi connectivity index (χ4n) is 2.91. The normalized spacial score (nSPS) is 15.4. The maximum atomic E-state index is 13.2. The highest BCUT2D eigenvalue weighted by Gasteiger charge is 2.16. The molecule has 1 aromatic carbocycles. The second kappa shape index (κ2) is 8.00. The molecule has 1 heterocycles. The number of aromatic nitrogens is 2. The van der Waals surface area contributed by atoms with Crippen LogP contribution in [0.2, 0.25) is 0 Å². The Hall–Kier alpha value is -2.57. The highest BCUT2D eigenvalue weighted by Crippen LogP contribution is 2.18. The molecule has 25 heavy (non-hydrogen) atoms. The van der Waals surface area contributed by atoms with Gasteiger partial charge < -0.3 is 10.6 Å². The summed E-state index contributed by atoms with van der Waals surface area (Å²) in [7, 11) is 0. The van der Waals surface area contributed by atoms with E-state index in [0.29, 0.717) is 11.5 Å². The number of amides is 1. The molecule has 1 aliphatic rings. The molecule has 0 aliphatic heterocycles. The molecule has 2 N–H and O–H groups in total. The van der Waals surface area contributed by atoms with Crippen LogP contribution in [0.15, 0.2) is 30.6 Å². The smallest absolute Gasteiger partial charge is 0.271 e. The first-order chi connectivity index (χ1) is 12.1. The van der Waals surface area contributed by atoms with Gasteiger partial charge in [-0.3, -0.25) is 4.79 Å². The molecule has 1 aliphatic carbocycles. The van der Waals surface area contributed by atoms with Gasteiger partial charge in [-0.1, -0.05) is 25.7 Å². The van der Waals surface area contributed by atoms with Crippen LogP contribution in [0.3, 0.4) is 0 Å². The summed E-state index contributed by atoms with van der Waals surface area (Å²) in [4.78, 5) is 20.5. The zero-order valence-electron chi connectivity index (χ0n) is 13.8. The van der Waals surface area contributed by atoms with Gasteiger partial charge in [0.2, 0.25) is 0 Å². The summed E-state index contributed by atoms with van der Waals surface area (Å²) in [5.74, 6) is -1.75. The summed E-state index contributed by atoms with van der Waals surface area (Å²) in [5, 5.41) is 5.82. The van der Waals surface area contributed by atoms with Crippen molar-refractivity contribution in [3.05, 3.63) is 47.9 Å². The van der Waals surface area contributed by atoms with Gasteiger partial charge in [-0.25, -0.2) is 18.7 Å².